The molecule has 1 aliphatic heterocycles. The molecule has 0 aromatic heterocycles. The van der Waals surface area contributed by atoms with E-state index in [1.165, 1.54) is 0 Å². The Morgan fingerprint density at radius 1 is 1.75 bits per heavy atom. The number of nitrogens with one attached hydrogen (secondary N) is 1. The van der Waals surface area contributed by atoms with Gasteiger partial charge in [-0.1, -0.05) is 5.73 Å². The number of methoxy groups -OCH3 is 1. The minimum atomic E-state index is 0.799. The van der Waals surface area contributed by atoms with E-state index >= 15 is 0 Å². The maximum absolute atomic E-state index is 4.85. The second-order valence-electron chi connectivity index (χ2n) is 1.37. The Morgan fingerprint density at radius 2 is 2.62 bits per heavy atom. The SMILES string of the molecule is COC1=CNC=C=C1. The van der Waals surface area contributed by atoms with Gasteiger partial charge in [0.2, 0.25) is 0 Å². The fourth-order valence-electron chi connectivity index (χ4n) is 0.455. The number of ether oxygens (including phenoxy) is 1. The molecule has 0 saturated heterocycles. The zero-order chi connectivity index (χ0) is 5.82. The van der Waals surface area contributed by atoms with Gasteiger partial charge in [-0.15, -0.1) is 0 Å². The highest BCUT2D eigenvalue weighted by Gasteiger charge is 1.87. The maximum Gasteiger partial charge on any atom is 0.142 e. The van der Waals surface area contributed by atoms with Gasteiger partial charge in [0, 0.05) is 18.5 Å². The maximum atomic E-state index is 4.85. The smallest absolute Gasteiger partial charge is 0.142 e. The summed E-state index contributed by atoms with van der Waals surface area (Å²) in [6.07, 6.45) is 5.23. The molecule has 1 aliphatic rings. The number of allylic oxidation sites excluding steroid dienone is 1. The Hall–Kier alpha value is -1.14. The summed E-state index contributed by atoms with van der Waals surface area (Å²) in [5.41, 5.74) is 2.83. The van der Waals surface area contributed by atoms with Crippen LogP contribution in [0.1, 0.15) is 0 Å². The van der Waals surface area contributed by atoms with Gasteiger partial charge in [0.25, 0.3) is 0 Å². The van der Waals surface area contributed by atoms with Crippen LogP contribution in [0.15, 0.2) is 30.0 Å². The van der Waals surface area contributed by atoms with Crippen LogP contribution in [-0.2, 0) is 4.74 Å². The molecule has 2 heteroatoms. The monoisotopic (exact) mass is 109 g/mol. The summed E-state index contributed by atoms with van der Waals surface area (Å²) in [4.78, 5) is 0. The van der Waals surface area contributed by atoms with Crippen molar-refractivity contribution in [1.82, 2.24) is 5.32 Å². The molecule has 0 unspecified atom stereocenters. The van der Waals surface area contributed by atoms with Gasteiger partial charge in [-0.25, -0.2) is 0 Å². The lowest BCUT2D eigenvalue weighted by Gasteiger charge is -1.99. The van der Waals surface area contributed by atoms with Gasteiger partial charge >= 0.3 is 0 Å². The lowest BCUT2D eigenvalue weighted by Crippen LogP contribution is -1.97. The molecule has 0 bridgehead atoms. The van der Waals surface area contributed by atoms with Crippen molar-refractivity contribution < 1.29 is 4.74 Å². The van der Waals surface area contributed by atoms with Crippen LogP contribution in [0.25, 0.3) is 0 Å². The molecule has 0 radical (unpaired) electrons. The van der Waals surface area contributed by atoms with Crippen LogP contribution in [-0.4, -0.2) is 7.11 Å². The van der Waals surface area contributed by atoms with E-state index in [4.69, 9.17) is 4.74 Å². The number of rotatable bonds is 1. The molecule has 8 heavy (non-hydrogen) atoms. The van der Waals surface area contributed by atoms with E-state index in [9.17, 15) is 0 Å². The van der Waals surface area contributed by atoms with Crippen molar-refractivity contribution >= 4 is 0 Å². The van der Waals surface area contributed by atoms with Gasteiger partial charge in [-0.2, -0.15) is 0 Å². The average molecular weight is 109 g/mol. The Bertz CT molecular complexity index is 163. The van der Waals surface area contributed by atoms with E-state index in [0.717, 1.165) is 5.76 Å². The molecule has 2 nitrogen and oxygen atoms in total. The Balaban J connectivity index is 2.68. The van der Waals surface area contributed by atoms with E-state index in [1.54, 1.807) is 25.6 Å². The summed E-state index contributed by atoms with van der Waals surface area (Å²) in [7, 11) is 1.62. The summed E-state index contributed by atoms with van der Waals surface area (Å²) in [6.45, 7) is 0. The lowest BCUT2D eigenvalue weighted by molar-refractivity contribution is 0.304. The molecule has 1 heterocycles. The normalized spacial score (nSPS) is 14.9. The topological polar surface area (TPSA) is 21.3 Å². The fraction of sp³-hybridized carbons (Fsp3) is 0.167. The van der Waals surface area contributed by atoms with Gasteiger partial charge in [0.15, 0.2) is 0 Å². The molecule has 0 spiro atoms. The quantitative estimate of drug-likeness (QED) is 0.501. The largest absolute Gasteiger partial charge is 0.495 e. The van der Waals surface area contributed by atoms with Crippen LogP contribution in [0, 0.1) is 0 Å². The van der Waals surface area contributed by atoms with Crippen molar-refractivity contribution in [2.24, 2.45) is 0 Å². The molecular weight excluding hydrogens is 102 g/mol. The minimum Gasteiger partial charge on any atom is -0.495 e. The molecule has 0 saturated carbocycles. The second kappa shape index (κ2) is 2.24. The van der Waals surface area contributed by atoms with Crippen LogP contribution >= 0.6 is 0 Å². The Kier molecular flexibility index (Phi) is 1.40. The molecule has 0 aromatic carbocycles. The predicted molar refractivity (Wildman–Crippen MR) is 30.9 cm³/mol. The summed E-state index contributed by atoms with van der Waals surface area (Å²) in [5.74, 6) is 0.799. The molecule has 0 fully saturated rings. The van der Waals surface area contributed by atoms with Gasteiger partial charge in [-0.3, -0.25) is 0 Å². The Labute approximate surface area is 48.2 Å². The summed E-state index contributed by atoms with van der Waals surface area (Å²) >= 11 is 0. The summed E-state index contributed by atoms with van der Waals surface area (Å²) in [5, 5.41) is 2.83. The first-order chi connectivity index (χ1) is 3.93. The highest BCUT2D eigenvalue weighted by Crippen LogP contribution is 1.95. The van der Waals surface area contributed by atoms with E-state index in [2.05, 4.69) is 11.0 Å². The molecule has 0 aliphatic carbocycles. The first kappa shape index (κ1) is 5.01. The average Bonchev–Trinajstić information content (AvgIpc) is 1.90. The predicted octanol–water partition coefficient (Wildman–Crippen LogP) is 0.746. The molecule has 0 atom stereocenters. The van der Waals surface area contributed by atoms with Crippen molar-refractivity contribution in [1.29, 1.82) is 0 Å². The molecule has 1 rings (SSSR count). The van der Waals surface area contributed by atoms with Crippen LogP contribution in [0.5, 0.6) is 0 Å². The van der Waals surface area contributed by atoms with Crippen LogP contribution in [0.2, 0.25) is 0 Å². The first-order valence-electron chi connectivity index (χ1n) is 2.34. The zero-order valence-electron chi connectivity index (χ0n) is 4.64. The van der Waals surface area contributed by atoms with Gasteiger partial charge in [0.1, 0.15) is 5.76 Å². The molecular formula is C6H7NO. The highest BCUT2D eigenvalue weighted by molar-refractivity contribution is 5.15. The number of hydrogen-bond donors (Lipinski definition) is 1. The molecule has 42 valence electrons. The van der Waals surface area contributed by atoms with Crippen molar-refractivity contribution in [3.05, 3.63) is 30.0 Å². The Morgan fingerprint density at radius 3 is 3.00 bits per heavy atom. The third kappa shape index (κ3) is 0.922. The molecule has 0 amide bonds. The van der Waals surface area contributed by atoms with Crippen LogP contribution in [0.4, 0.5) is 0 Å². The van der Waals surface area contributed by atoms with E-state index in [1.807, 2.05) is 0 Å². The van der Waals surface area contributed by atoms with Crippen molar-refractivity contribution in [2.75, 3.05) is 7.11 Å². The van der Waals surface area contributed by atoms with E-state index in [-0.39, 0.29) is 0 Å². The van der Waals surface area contributed by atoms with Crippen LogP contribution in [0.3, 0.4) is 0 Å². The molecule has 0 aromatic rings. The van der Waals surface area contributed by atoms with Crippen molar-refractivity contribution in [3.8, 4) is 0 Å². The van der Waals surface area contributed by atoms with E-state index < -0.39 is 0 Å². The van der Waals surface area contributed by atoms with Crippen molar-refractivity contribution in [2.45, 2.75) is 0 Å². The third-order valence-electron chi connectivity index (χ3n) is 0.854. The fourth-order valence-corrected chi connectivity index (χ4v) is 0.455. The summed E-state index contributed by atoms with van der Waals surface area (Å²) in [6, 6.07) is 0. The van der Waals surface area contributed by atoms with Crippen LogP contribution < -0.4 is 5.32 Å². The van der Waals surface area contributed by atoms with E-state index in [0.29, 0.717) is 0 Å². The van der Waals surface area contributed by atoms with Gasteiger partial charge in [-0.05, 0) is 0 Å². The highest BCUT2D eigenvalue weighted by atomic mass is 16.5. The van der Waals surface area contributed by atoms with Gasteiger partial charge in [0.05, 0.1) is 7.11 Å². The summed E-state index contributed by atoms with van der Waals surface area (Å²) < 4.78 is 4.85. The molecule has 1 N–H and O–H groups in total. The zero-order valence-corrected chi connectivity index (χ0v) is 4.64. The standard InChI is InChI=1S/C6H7NO/c1-8-6-3-2-4-7-5-6/h3-5,7H,1H3. The minimum absolute atomic E-state index is 0.799. The lowest BCUT2D eigenvalue weighted by atomic mass is 10.4. The number of hydrogen-bond acceptors (Lipinski definition) is 2. The first-order valence-corrected chi connectivity index (χ1v) is 2.34. The van der Waals surface area contributed by atoms with Crippen molar-refractivity contribution in [3.63, 3.8) is 0 Å². The van der Waals surface area contributed by atoms with Gasteiger partial charge < -0.3 is 10.1 Å². The second-order valence-corrected chi connectivity index (χ2v) is 1.37. The third-order valence-corrected chi connectivity index (χ3v) is 0.854.